The number of aromatic nitrogens is 2. The number of hydrogen-bond donors (Lipinski definition) is 0. The molecular weight excluding hydrogens is 268 g/mol. The fourth-order valence-electron chi connectivity index (χ4n) is 2.57. The van der Waals surface area contributed by atoms with E-state index in [1.165, 1.54) is 4.57 Å². The lowest BCUT2D eigenvalue weighted by atomic mass is 10.1. The van der Waals surface area contributed by atoms with E-state index >= 15 is 0 Å². The van der Waals surface area contributed by atoms with Crippen LogP contribution in [-0.2, 0) is 11.3 Å². The average molecular weight is 278 g/mol. The van der Waals surface area contributed by atoms with E-state index in [-0.39, 0.29) is 12.2 Å². The minimum absolute atomic E-state index is 0.0203. The Kier molecular flexibility index (Phi) is 2.41. The maximum Gasteiger partial charge on any atom is 0.340 e. The molecule has 102 valence electrons. The number of ether oxygens (including phenoxy) is 1. The van der Waals surface area contributed by atoms with Crippen LogP contribution in [0.1, 0.15) is 16.2 Å². The molecule has 0 spiro atoms. The molecule has 0 amide bonds. The van der Waals surface area contributed by atoms with Crippen molar-refractivity contribution in [1.29, 1.82) is 0 Å². The zero-order chi connectivity index (χ0) is 14.4. The summed E-state index contributed by atoms with van der Waals surface area (Å²) < 4.78 is 6.66. The highest BCUT2D eigenvalue weighted by atomic mass is 16.5. The number of para-hydroxylation sites is 2. The molecule has 3 aromatic rings. The fraction of sp³-hybridized carbons (Fsp3) is 0.0625. The predicted molar refractivity (Wildman–Crippen MR) is 76.5 cm³/mol. The number of nitrogens with zero attached hydrogens (tertiary/aromatic N) is 2. The van der Waals surface area contributed by atoms with Gasteiger partial charge < -0.3 is 4.74 Å². The maximum absolute atomic E-state index is 12.8. The molecule has 0 N–H and O–H groups in total. The molecule has 0 atom stereocenters. The Bertz CT molecular complexity index is 944. The van der Waals surface area contributed by atoms with Crippen molar-refractivity contribution < 1.29 is 9.53 Å². The van der Waals surface area contributed by atoms with Crippen LogP contribution in [0.5, 0.6) is 0 Å². The van der Waals surface area contributed by atoms with Crippen LogP contribution in [0.15, 0.2) is 53.3 Å². The van der Waals surface area contributed by atoms with Crippen LogP contribution in [0.3, 0.4) is 0 Å². The molecular formula is C16H10N2O3. The van der Waals surface area contributed by atoms with Crippen LogP contribution in [0.25, 0.3) is 16.6 Å². The number of hydrogen-bond acceptors (Lipinski definition) is 4. The minimum atomic E-state index is -0.445. The van der Waals surface area contributed by atoms with Crippen molar-refractivity contribution in [2.75, 3.05) is 0 Å². The van der Waals surface area contributed by atoms with Gasteiger partial charge in [0.15, 0.2) is 5.82 Å². The predicted octanol–water partition coefficient (Wildman–Crippen LogP) is 2.06. The van der Waals surface area contributed by atoms with Crippen molar-refractivity contribution in [2.45, 2.75) is 6.61 Å². The molecule has 0 radical (unpaired) electrons. The van der Waals surface area contributed by atoms with Crippen LogP contribution in [0.4, 0.5) is 0 Å². The van der Waals surface area contributed by atoms with Crippen molar-refractivity contribution in [1.82, 2.24) is 9.55 Å². The van der Waals surface area contributed by atoms with Gasteiger partial charge in [0.2, 0.25) is 0 Å². The number of fused-ring (bicyclic) bond motifs is 4. The van der Waals surface area contributed by atoms with Gasteiger partial charge in [0.1, 0.15) is 6.61 Å². The number of cyclic esters (lactones) is 1. The highest BCUT2D eigenvalue weighted by molar-refractivity contribution is 5.94. The number of rotatable bonds is 0. The van der Waals surface area contributed by atoms with Crippen LogP contribution >= 0.6 is 0 Å². The Morgan fingerprint density at radius 1 is 1.00 bits per heavy atom. The van der Waals surface area contributed by atoms with E-state index in [0.29, 0.717) is 28.0 Å². The van der Waals surface area contributed by atoms with Gasteiger partial charge in [0.25, 0.3) is 5.56 Å². The normalized spacial score (nSPS) is 13.2. The number of carbonyl (C=O) groups is 1. The third kappa shape index (κ3) is 1.67. The Hall–Kier alpha value is -2.95. The van der Waals surface area contributed by atoms with Crippen LogP contribution in [0.2, 0.25) is 0 Å². The molecule has 0 saturated carbocycles. The second-order valence-electron chi connectivity index (χ2n) is 4.78. The monoisotopic (exact) mass is 278 g/mol. The summed E-state index contributed by atoms with van der Waals surface area (Å²) in [5.41, 5.74) is 1.29. The Morgan fingerprint density at radius 3 is 2.67 bits per heavy atom. The molecule has 5 heteroatoms. The Morgan fingerprint density at radius 2 is 1.76 bits per heavy atom. The van der Waals surface area contributed by atoms with Gasteiger partial charge in [-0.25, -0.2) is 9.78 Å². The first-order chi connectivity index (χ1) is 10.3. The number of carbonyl (C=O) groups excluding carboxylic acids is 1. The van der Waals surface area contributed by atoms with E-state index in [2.05, 4.69) is 4.98 Å². The summed E-state index contributed by atoms with van der Waals surface area (Å²) in [6.07, 6.45) is 0. The first-order valence-electron chi connectivity index (χ1n) is 6.53. The molecule has 0 unspecified atom stereocenters. The summed E-state index contributed by atoms with van der Waals surface area (Å²) in [7, 11) is 0. The van der Waals surface area contributed by atoms with Gasteiger partial charge in [-0.15, -0.1) is 0 Å². The van der Waals surface area contributed by atoms with Gasteiger partial charge in [-0.05, 0) is 24.3 Å². The summed E-state index contributed by atoms with van der Waals surface area (Å²) in [4.78, 5) is 29.2. The highest BCUT2D eigenvalue weighted by Crippen LogP contribution is 2.21. The lowest BCUT2D eigenvalue weighted by molar-refractivity contribution is 0.0470. The molecule has 1 aliphatic heterocycles. The quantitative estimate of drug-likeness (QED) is 0.590. The molecule has 0 fully saturated rings. The largest absolute Gasteiger partial charge is 0.454 e. The molecule has 0 aliphatic carbocycles. The zero-order valence-corrected chi connectivity index (χ0v) is 10.9. The van der Waals surface area contributed by atoms with E-state index < -0.39 is 5.97 Å². The maximum atomic E-state index is 12.8. The summed E-state index contributed by atoms with van der Waals surface area (Å²) >= 11 is 0. The molecule has 21 heavy (non-hydrogen) atoms. The summed E-state index contributed by atoms with van der Waals surface area (Å²) in [5, 5.41) is 0.519. The van der Waals surface area contributed by atoms with Gasteiger partial charge in [0.05, 0.1) is 22.2 Å². The standard InChI is InChI=1S/C16H10N2O3/c19-15-10-5-1-3-7-12(10)17-14-9-21-16(20)11-6-2-4-8-13(11)18(14)15/h1-8H,9H2. The first-order valence-corrected chi connectivity index (χ1v) is 6.53. The van der Waals surface area contributed by atoms with Crippen LogP contribution < -0.4 is 5.56 Å². The van der Waals surface area contributed by atoms with Crippen molar-refractivity contribution in [3.63, 3.8) is 0 Å². The molecule has 1 aromatic heterocycles. The van der Waals surface area contributed by atoms with E-state index in [9.17, 15) is 9.59 Å². The SMILES string of the molecule is O=C1OCc2nc3ccccc3c(=O)n2-c2ccccc21. The van der Waals surface area contributed by atoms with Crippen molar-refractivity contribution >= 4 is 16.9 Å². The smallest absolute Gasteiger partial charge is 0.340 e. The molecule has 0 bridgehead atoms. The number of esters is 1. The van der Waals surface area contributed by atoms with Crippen molar-refractivity contribution in [2.24, 2.45) is 0 Å². The van der Waals surface area contributed by atoms with Gasteiger partial charge >= 0.3 is 5.97 Å². The third-order valence-corrected chi connectivity index (χ3v) is 3.54. The minimum Gasteiger partial charge on any atom is -0.454 e. The molecule has 1 aliphatic rings. The second kappa shape index (κ2) is 4.28. The van der Waals surface area contributed by atoms with Crippen LogP contribution in [0, 0.1) is 0 Å². The van der Waals surface area contributed by atoms with Gasteiger partial charge in [-0.2, -0.15) is 0 Å². The average Bonchev–Trinajstić information content (AvgIpc) is 2.66. The van der Waals surface area contributed by atoms with Gasteiger partial charge in [-0.1, -0.05) is 24.3 Å². The number of benzene rings is 2. The van der Waals surface area contributed by atoms with E-state index in [1.807, 2.05) is 6.07 Å². The highest BCUT2D eigenvalue weighted by Gasteiger charge is 2.23. The van der Waals surface area contributed by atoms with Crippen molar-refractivity contribution in [3.05, 3.63) is 70.3 Å². The zero-order valence-electron chi connectivity index (χ0n) is 10.9. The molecule has 5 nitrogen and oxygen atoms in total. The summed E-state index contributed by atoms with van der Waals surface area (Å²) in [6, 6.07) is 14.0. The Labute approximate surface area is 119 Å². The fourth-order valence-corrected chi connectivity index (χ4v) is 2.57. The lowest BCUT2D eigenvalue weighted by Crippen LogP contribution is -2.23. The lowest BCUT2D eigenvalue weighted by Gasteiger charge is -2.10. The molecule has 2 aromatic carbocycles. The topological polar surface area (TPSA) is 61.2 Å². The Balaban J connectivity index is 2.17. The van der Waals surface area contributed by atoms with E-state index in [1.54, 1.807) is 42.5 Å². The summed E-state index contributed by atoms with van der Waals surface area (Å²) in [6.45, 7) is -0.0203. The third-order valence-electron chi connectivity index (χ3n) is 3.54. The van der Waals surface area contributed by atoms with E-state index in [0.717, 1.165) is 0 Å². The first kappa shape index (κ1) is 11.8. The van der Waals surface area contributed by atoms with Crippen molar-refractivity contribution in [3.8, 4) is 5.69 Å². The second-order valence-corrected chi connectivity index (χ2v) is 4.78. The van der Waals surface area contributed by atoms with E-state index in [4.69, 9.17) is 4.74 Å². The van der Waals surface area contributed by atoms with Crippen LogP contribution in [-0.4, -0.2) is 15.5 Å². The van der Waals surface area contributed by atoms with Gasteiger partial charge in [0, 0.05) is 0 Å². The molecule has 2 heterocycles. The summed E-state index contributed by atoms with van der Waals surface area (Å²) in [5.74, 6) is -0.0171. The molecule has 4 rings (SSSR count). The molecule has 0 saturated heterocycles. The van der Waals surface area contributed by atoms with Gasteiger partial charge in [-0.3, -0.25) is 9.36 Å².